The number of aromatic amines is 1. The number of nitrogens with zero attached hydrogens (tertiary/aromatic N) is 1. The highest BCUT2D eigenvalue weighted by atomic mass is 31.2. The summed E-state index contributed by atoms with van der Waals surface area (Å²) in [5.41, 5.74) is -0.819. The minimum absolute atomic E-state index is 0.0714. The van der Waals surface area contributed by atoms with Crippen LogP contribution < -0.4 is 16.1 Å². The molecule has 4 atom stereocenters. The molecule has 1 aromatic heterocycles. The van der Waals surface area contributed by atoms with E-state index in [-0.39, 0.29) is 13.0 Å². The van der Waals surface area contributed by atoms with E-state index in [0.29, 0.717) is 5.56 Å². The maximum Gasteiger partial charge on any atom is 0.330 e. The van der Waals surface area contributed by atoms with Gasteiger partial charge in [-0.05, 0) is 6.92 Å². The predicted molar refractivity (Wildman–Crippen MR) is 76.0 cm³/mol. The van der Waals surface area contributed by atoms with Crippen molar-refractivity contribution >= 4 is 7.82 Å². The Balaban J connectivity index is 2.26. The summed E-state index contributed by atoms with van der Waals surface area (Å²) in [5.74, 6) is 0. The monoisotopic (exact) mass is 349 g/mol. The summed E-state index contributed by atoms with van der Waals surface area (Å²) < 4.78 is 32.5. The van der Waals surface area contributed by atoms with Crippen LogP contribution in [0.5, 0.6) is 0 Å². The molecular formula is C12H18N2O8P-. The molecule has 1 aliphatic heterocycles. The maximum absolute atomic E-state index is 11.9. The third-order valence-corrected chi connectivity index (χ3v) is 4.43. The highest BCUT2D eigenvalue weighted by Crippen LogP contribution is 2.43. The van der Waals surface area contributed by atoms with Gasteiger partial charge in [-0.3, -0.25) is 18.9 Å². The van der Waals surface area contributed by atoms with Gasteiger partial charge < -0.3 is 23.4 Å². The first-order valence-corrected chi connectivity index (χ1v) is 8.25. The second-order valence-electron chi connectivity index (χ2n) is 5.07. The Labute approximate surface area is 131 Å². The zero-order chi connectivity index (χ0) is 17.2. The van der Waals surface area contributed by atoms with Gasteiger partial charge in [0.1, 0.15) is 12.3 Å². The van der Waals surface area contributed by atoms with Gasteiger partial charge in [0.05, 0.1) is 12.7 Å². The quantitative estimate of drug-likeness (QED) is 0.666. The summed E-state index contributed by atoms with van der Waals surface area (Å²) in [4.78, 5) is 37.0. The van der Waals surface area contributed by atoms with Crippen molar-refractivity contribution in [1.29, 1.82) is 0 Å². The molecule has 1 aliphatic rings. The number of hydrogen-bond acceptors (Lipinski definition) is 8. The van der Waals surface area contributed by atoms with Crippen molar-refractivity contribution in [3.05, 3.63) is 32.6 Å². The van der Waals surface area contributed by atoms with Crippen LogP contribution in [0, 0.1) is 6.92 Å². The third-order valence-electron chi connectivity index (χ3n) is 3.46. The van der Waals surface area contributed by atoms with E-state index in [0.717, 1.165) is 7.11 Å². The van der Waals surface area contributed by atoms with Crippen LogP contribution >= 0.6 is 7.82 Å². The normalized spacial score (nSPS) is 27.0. The van der Waals surface area contributed by atoms with Crippen molar-refractivity contribution in [3.8, 4) is 0 Å². The van der Waals surface area contributed by atoms with E-state index >= 15 is 0 Å². The minimum atomic E-state index is -4.46. The molecule has 130 valence electrons. The van der Waals surface area contributed by atoms with Gasteiger partial charge in [0.25, 0.3) is 13.4 Å². The van der Waals surface area contributed by atoms with Crippen LogP contribution in [0.3, 0.4) is 0 Å². The predicted octanol–water partition coefficient (Wildman–Crippen LogP) is -0.721. The second-order valence-corrected chi connectivity index (χ2v) is 6.54. The van der Waals surface area contributed by atoms with E-state index in [4.69, 9.17) is 14.0 Å². The molecule has 1 unspecified atom stereocenters. The first-order valence-electron chi connectivity index (χ1n) is 6.79. The molecule has 0 aliphatic carbocycles. The van der Waals surface area contributed by atoms with Gasteiger partial charge in [-0.15, -0.1) is 0 Å². The zero-order valence-electron chi connectivity index (χ0n) is 12.9. The van der Waals surface area contributed by atoms with Gasteiger partial charge in [-0.25, -0.2) is 4.79 Å². The van der Waals surface area contributed by atoms with Gasteiger partial charge in [0.15, 0.2) is 0 Å². The van der Waals surface area contributed by atoms with Gasteiger partial charge in [0, 0.05) is 32.4 Å². The van der Waals surface area contributed by atoms with Crippen molar-refractivity contribution in [1.82, 2.24) is 9.55 Å². The van der Waals surface area contributed by atoms with Crippen LogP contribution in [-0.4, -0.2) is 42.6 Å². The highest BCUT2D eigenvalue weighted by Gasteiger charge is 2.39. The number of methoxy groups -OCH3 is 1. The molecule has 0 radical (unpaired) electrons. The molecule has 0 saturated carbocycles. The van der Waals surface area contributed by atoms with E-state index < -0.39 is 37.5 Å². The molecular weight excluding hydrogens is 331 g/mol. The lowest BCUT2D eigenvalue weighted by Crippen LogP contribution is -2.33. The summed E-state index contributed by atoms with van der Waals surface area (Å²) >= 11 is 0. The number of aromatic nitrogens is 2. The van der Waals surface area contributed by atoms with E-state index in [2.05, 4.69) is 9.51 Å². The third kappa shape index (κ3) is 4.17. The van der Waals surface area contributed by atoms with E-state index in [1.807, 2.05) is 0 Å². The molecule has 0 spiro atoms. The number of hydrogen-bond donors (Lipinski definition) is 1. The summed E-state index contributed by atoms with van der Waals surface area (Å²) in [6.07, 6.45) is -0.941. The lowest BCUT2D eigenvalue weighted by atomic mass is 10.2. The van der Waals surface area contributed by atoms with Crippen LogP contribution in [0.25, 0.3) is 0 Å². The minimum Gasteiger partial charge on any atom is -0.756 e. The Kier molecular flexibility index (Phi) is 5.56. The molecule has 1 fully saturated rings. The lowest BCUT2D eigenvalue weighted by Gasteiger charge is -2.26. The van der Waals surface area contributed by atoms with Gasteiger partial charge in [-0.1, -0.05) is 0 Å². The first kappa shape index (κ1) is 18.1. The SMILES string of the molecule is COC[C@H]1O[C@@H](n2cc(C)c(=O)[nH]c2=O)C[C@H]1OP(=O)([O-])OC. The standard InChI is InChI=1S/C12H19N2O8P/c1-7-5-14(12(16)13-11(7)15)10-4-8(9(21-10)6-19-2)22-23(17,18)20-3/h5,8-10H,4,6H2,1-3H3,(H,17,18)(H,13,15,16)/p-1/t8-,9-,10-/m1/s1. The van der Waals surface area contributed by atoms with Crippen molar-refractivity contribution in [2.24, 2.45) is 0 Å². The summed E-state index contributed by atoms with van der Waals surface area (Å²) in [6, 6.07) is 0. The van der Waals surface area contributed by atoms with E-state index in [1.54, 1.807) is 6.92 Å². The number of ether oxygens (including phenoxy) is 2. The maximum atomic E-state index is 11.9. The Morgan fingerprint density at radius 3 is 2.78 bits per heavy atom. The van der Waals surface area contributed by atoms with Gasteiger partial charge in [0.2, 0.25) is 0 Å². The molecule has 2 rings (SSSR count). The molecule has 11 heteroatoms. The Morgan fingerprint density at radius 2 is 2.17 bits per heavy atom. The number of aryl methyl sites for hydroxylation is 1. The van der Waals surface area contributed by atoms with E-state index in [9.17, 15) is 19.0 Å². The molecule has 1 N–H and O–H groups in total. The molecule has 10 nitrogen and oxygen atoms in total. The van der Waals surface area contributed by atoms with Crippen LogP contribution in [0.4, 0.5) is 0 Å². The van der Waals surface area contributed by atoms with Gasteiger partial charge in [-0.2, -0.15) is 0 Å². The fourth-order valence-corrected chi connectivity index (χ4v) is 2.94. The van der Waals surface area contributed by atoms with Crippen LogP contribution in [0.1, 0.15) is 18.2 Å². The first-order chi connectivity index (χ1) is 10.8. The average molecular weight is 349 g/mol. The van der Waals surface area contributed by atoms with Crippen molar-refractivity contribution < 1.29 is 28.0 Å². The topological polar surface area (TPSA) is 132 Å². The van der Waals surface area contributed by atoms with Crippen molar-refractivity contribution in [2.75, 3.05) is 20.8 Å². The average Bonchev–Trinajstić information content (AvgIpc) is 2.85. The summed E-state index contributed by atoms with van der Waals surface area (Å²) in [5, 5.41) is 0. The number of rotatable bonds is 6. The number of nitrogens with one attached hydrogen (secondary N) is 1. The number of phosphoric ester groups is 1. The molecule has 1 saturated heterocycles. The summed E-state index contributed by atoms with van der Waals surface area (Å²) in [6.45, 7) is 1.61. The highest BCUT2D eigenvalue weighted by molar-refractivity contribution is 7.45. The Hall–Kier alpha value is -1.29. The summed E-state index contributed by atoms with van der Waals surface area (Å²) in [7, 11) is -2.05. The second kappa shape index (κ2) is 7.08. The van der Waals surface area contributed by atoms with Crippen molar-refractivity contribution in [3.63, 3.8) is 0 Å². The molecule has 0 amide bonds. The van der Waals surface area contributed by atoms with Crippen LogP contribution in [0.15, 0.2) is 15.8 Å². The molecule has 1 aromatic rings. The molecule has 23 heavy (non-hydrogen) atoms. The fourth-order valence-electron chi connectivity index (χ4n) is 2.31. The Bertz CT molecular complexity index is 714. The van der Waals surface area contributed by atoms with Crippen molar-refractivity contribution in [2.45, 2.75) is 31.8 Å². The molecule has 2 heterocycles. The molecule has 0 bridgehead atoms. The lowest BCUT2D eigenvalue weighted by molar-refractivity contribution is -0.229. The smallest absolute Gasteiger partial charge is 0.330 e. The largest absolute Gasteiger partial charge is 0.756 e. The van der Waals surface area contributed by atoms with Gasteiger partial charge >= 0.3 is 5.69 Å². The number of H-pyrrole nitrogens is 1. The molecule has 0 aromatic carbocycles. The Morgan fingerprint density at radius 1 is 1.48 bits per heavy atom. The van der Waals surface area contributed by atoms with Crippen LogP contribution in [-0.2, 0) is 23.1 Å². The zero-order valence-corrected chi connectivity index (χ0v) is 13.8. The van der Waals surface area contributed by atoms with Crippen LogP contribution in [0.2, 0.25) is 0 Å². The fraction of sp³-hybridized carbons (Fsp3) is 0.667. The number of phosphoric acid groups is 1. The van der Waals surface area contributed by atoms with E-state index in [1.165, 1.54) is 17.9 Å².